The standard InChI is InChI=1S/C26H27N3O3/c1-3-31-26(30)23-14-21-5-4-6-24(25(21)29-23)32-12-11-27-15-19-13-22(17-28-16-19)20-9-7-18(2)8-10-20/h4-10,13-14,16-17,27,29H,3,11-12,15H2,1-2H3. The predicted octanol–water partition coefficient (Wildman–Crippen LogP) is 4.88. The Bertz CT molecular complexity index is 1200. The van der Waals surface area contributed by atoms with Crippen LogP contribution in [0.2, 0.25) is 0 Å². The molecule has 4 rings (SSSR count). The second-order valence-electron chi connectivity index (χ2n) is 7.60. The summed E-state index contributed by atoms with van der Waals surface area (Å²) >= 11 is 0. The van der Waals surface area contributed by atoms with Gasteiger partial charge in [0.05, 0.1) is 12.1 Å². The van der Waals surface area contributed by atoms with Crippen molar-refractivity contribution in [1.29, 1.82) is 0 Å². The molecule has 0 radical (unpaired) electrons. The van der Waals surface area contributed by atoms with Gasteiger partial charge in [-0.05, 0) is 43.2 Å². The van der Waals surface area contributed by atoms with E-state index in [4.69, 9.17) is 9.47 Å². The molecule has 2 heterocycles. The largest absolute Gasteiger partial charge is 0.490 e. The quantitative estimate of drug-likeness (QED) is 0.293. The first-order chi connectivity index (χ1) is 15.6. The number of rotatable bonds is 9. The molecule has 2 aromatic carbocycles. The van der Waals surface area contributed by atoms with Crippen LogP contribution in [0.5, 0.6) is 5.75 Å². The summed E-state index contributed by atoms with van der Waals surface area (Å²) in [6.07, 6.45) is 3.76. The fraction of sp³-hybridized carbons (Fsp3) is 0.231. The van der Waals surface area contributed by atoms with Crippen LogP contribution in [0.15, 0.2) is 67.0 Å². The summed E-state index contributed by atoms with van der Waals surface area (Å²) in [6, 6.07) is 18.1. The van der Waals surface area contributed by atoms with E-state index in [9.17, 15) is 4.79 Å². The van der Waals surface area contributed by atoms with E-state index < -0.39 is 0 Å². The van der Waals surface area contributed by atoms with E-state index in [1.165, 1.54) is 5.56 Å². The van der Waals surface area contributed by atoms with E-state index in [1.807, 2.05) is 30.6 Å². The van der Waals surface area contributed by atoms with Crippen LogP contribution < -0.4 is 10.1 Å². The molecule has 2 N–H and O–H groups in total. The number of fused-ring (bicyclic) bond motifs is 1. The molecule has 164 valence electrons. The summed E-state index contributed by atoms with van der Waals surface area (Å²) in [6.45, 7) is 6.09. The van der Waals surface area contributed by atoms with Gasteiger partial charge < -0.3 is 19.8 Å². The Hall–Kier alpha value is -3.64. The van der Waals surface area contributed by atoms with Crippen molar-refractivity contribution < 1.29 is 14.3 Å². The topological polar surface area (TPSA) is 76.2 Å². The van der Waals surface area contributed by atoms with Gasteiger partial charge in [0.2, 0.25) is 0 Å². The summed E-state index contributed by atoms with van der Waals surface area (Å²) in [4.78, 5) is 19.5. The Labute approximate surface area is 187 Å². The Morgan fingerprint density at radius 1 is 1.06 bits per heavy atom. The number of carbonyl (C=O) groups is 1. The van der Waals surface area contributed by atoms with E-state index >= 15 is 0 Å². The van der Waals surface area contributed by atoms with Gasteiger partial charge >= 0.3 is 5.97 Å². The first-order valence-corrected chi connectivity index (χ1v) is 10.8. The molecule has 0 saturated carbocycles. The lowest BCUT2D eigenvalue weighted by atomic mass is 10.0. The third-order valence-corrected chi connectivity index (χ3v) is 5.16. The SMILES string of the molecule is CCOC(=O)c1cc2cccc(OCCNCc3cncc(-c4ccc(C)cc4)c3)c2[nH]1. The molecule has 2 aromatic heterocycles. The highest BCUT2D eigenvalue weighted by atomic mass is 16.5. The summed E-state index contributed by atoms with van der Waals surface area (Å²) < 4.78 is 11.0. The molecular formula is C26H27N3O3. The third kappa shape index (κ3) is 5.15. The fourth-order valence-corrected chi connectivity index (χ4v) is 3.52. The zero-order valence-electron chi connectivity index (χ0n) is 18.4. The molecule has 0 fully saturated rings. The maximum absolute atomic E-state index is 12.0. The van der Waals surface area contributed by atoms with Gasteiger partial charge in [-0.2, -0.15) is 0 Å². The van der Waals surface area contributed by atoms with Gasteiger partial charge in [-0.3, -0.25) is 4.98 Å². The van der Waals surface area contributed by atoms with E-state index in [2.05, 4.69) is 52.5 Å². The smallest absolute Gasteiger partial charge is 0.354 e. The first kappa shape index (κ1) is 21.6. The maximum atomic E-state index is 12.0. The molecule has 4 aromatic rings. The van der Waals surface area contributed by atoms with Crippen LogP contribution in [0.3, 0.4) is 0 Å². The molecule has 0 bridgehead atoms. The predicted molar refractivity (Wildman–Crippen MR) is 126 cm³/mol. The minimum Gasteiger partial charge on any atom is -0.490 e. The number of pyridine rings is 1. The minimum absolute atomic E-state index is 0.340. The molecule has 0 saturated heterocycles. The average Bonchev–Trinajstić information content (AvgIpc) is 3.25. The summed E-state index contributed by atoms with van der Waals surface area (Å²) in [7, 11) is 0. The lowest BCUT2D eigenvalue weighted by Crippen LogP contribution is -2.20. The number of H-pyrrole nitrogens is 1. The van der Waals surface area contributed by atoms with Crippen LogP contribution >= 0.6 is 0 Å². The van der Waals surface area contributed by atoms with Gasteiger partial charge in [-0.15, -0.1) is 0 Å². The van der Waals surface area contributed by atoms with Crippen LogP contribution in [0.1, 0.15) is 28.5 Å². The molecule has 0 aliphatic heterocycles. The molecule has 32 heavy (non-hydrogen) atoms. The monoisotopic (exact) mass is 429 g/mol. The van der Waals surface area contributed by atoms with E-state index in [1.54, 1.807) is 13.0 Å². The molecule has 6 heteroatoms. The van der Waals surface area contributed by atoms with E-state index in [0.717, 1.165) is 27.6 Å². The van der Waals surface area contributed by atoms with Crippen molar-refractivity contribution in [3.8, 4) is 16.9 Å². The van der Waals surface area contributed by atoms with Gasteiger partial charge in [0, 0.05) is 36.4 Å². The zero-order valence-corrected chi connectivity index (χ0v) is 18.4. The number of nitrogens with one attached hydrogen (secondary N) is 2. The Kier molecular flexibility index (Phi) is 6.82. The molecule has 0 spiro atoms. The first-order valence-electron chi connectivity index (χ1n) is 10.8. The summed E-state index contributed by atoms with van der Waals surface area (Å²) in [5, 5.41) is 4.31. The number of ether oxygens (including phenoxy) is 2. The van der Waals surface area contributed by atoms with Crippen molar-refractivity contribution in [2.75, 3.05) is 19.8 Å². The van der Waals surface area contributed by atoms with Crippen LogP contribution in [0.25, 0.3) is 22.0 Å². The lowest BCUT2D eigenvalue weighted by molar-refractivity contribution is 0.0520. The second kappa shape index (κ2) is 10.1. The summed E-state index contributed by atoms with van der Waals surface area (Å²) in [5.74, 6) is 0.348. The van der Waals surface area contributed by atoms with Crippen LogP contribution in [0, 0.1) is 6.92 Å². The van der Waals surface area contributed by atoms with Gasteiger partial charge in [0.15, 0.2) is 0 Å². The number of carbonyl (C=O) groups excluding carboxylic acids is 1. The van der Waals surface area contributed by atoms with Crippen molar-refractivity contribution >= 4 is 16.9 Å². The zero-order chi connectivity index (χ0) is 22.3. The van der Waals surface area contributed by atoms with Crippen molar-refractivity contribution in [2.24, 2.45) is 0 Å². The van der Waals surface area contributed by atoms with Crippen LogP contribution in [-0.4, -0.2) is 35.7 Å². The third-order valence-electron chi connectivity index (χ3n) is 5.16. The molecule has 0 aliphatic carbocycles. The number of benzene rings is 2. The van der Waals surface area contributed by atoms with Crippen LogP contribution in [-0.2, 0) is 11.3 Å². The lowest BCUT2D eigenvalue weighted by Gasteiger charge is -2.09. The number of hydrogen-bond acceptors (Lipinski definition) is 5. The average molecular weight is 430 g/mol. The van der Waals surface area contributed by atoms with Gasteiger partial charge in [-0.1, -0.05) is 42.0 Å². The number of esters is 1. The number of aromatic nitrogens is 2. The number of hydrogen-bond donors (Lipinski definition) is 2. The normalized spacial score (nSPS) is 10.9. The van der Waals surface area contributed by atoms with E-state index in [-0.39, 0.29) is 5.97 Å². The molecule has 6 nitrogen and oxygen atoms in total. The Morgan fingerprint density at radius 3 is 2.72 bits per heavy atom. The van der Waals surface area contributed by atoms with Crippen molar-refractivity contribution in [1.82, 2.24) is 15.3 Å². The van der Waals surface area contributed by atoms with Gasteiger partial charge in [0.1, 0.15) is 18.1 Å². The highest BCUT2D eigenvalue weighted by molar-refractivity contribution is 5.96. The van der Waals surface area contributed by atoms with Gasteiger partial charge in [-0.25, -0.2) is 4.79 Å². The van der Waals surface area contributed by atoms with Gasteiger partial charge in [0.25, 0.3) is 0 Å². The number of aryl methyl sites for hydroxylation is 1. The van der Waals surface area contributed by atoms with E-state index in [0.29, 0.717) is 37.7 Å². The highest BCUT2D eigenvalue weighted by Crippen LogP contribution is 2.26. The van der Waals surface area contributed by atoms with Crippen molar-refractivity contribution in [3.05, 3.63) is 83.8 Å². The number of para-hydroxylation sites is 1. The Balaban J connectivity index is 1.31. The molecule has 0 aliphatic rings. The van der Waals surface area contributed by atoms with Crippen LogP contribution in [0.4, 0.5) is 0 Å². The summed E-state index contributed by atoms with van der Waals surface area (Å²) in [5.41, 5.74) is 5.86. The fourth-order valence-electron chi connectivity index (χ4n) is 3.52. The maximum Gasteiger partial charge on any atom is 0.354 e. The number of aromatic amines is 1. The second-order valence-corrected chi connectivity index (χ2v) is 7.60. The molecule has 0 amide bonds. The molecule has 0 unspecified atom stereocenters. The van der Waals surface area contributed by atoms with Crippen molar-refractivity contribution in [2.45, 2.75) is 20.4 Å². The highest BCUT2D eigenvalue weighted by Gasteiger charge is 2.12. The molecular weight excluding hydrogens is 402 g/mol. The molecule has 0 atom stereocenters. The Morgan fingerprint density at radius 2 is 1.91 bits per heavy atom. The minimum atomic E-state index is -0.363. The van der Waals surface area contributed by atoms with Crippen molar-refractivity contribution in [3.63, 3.8) is 0 Å². The number of nitrogens with zero attached hydrogens (tertiary/aromatic N) is 1.